The lowest BCUT2D eigenvalue weighted by Crippen LogP contribution is -2.18. The van der Waals surface area contributed by atoms with Crippen molar-refractivity contribution in [2.24, 2.45) is 11.8 Å². The summed E-state index contributed by atoms with van der Waals surface area (Å²) >= 11 is 0. The molecule has 1 aromatic rings. The maximum absolute atomic E-state index is 5.97. The smallest absolute Gasteiger partial charge is 0.222 e. The highest BCUT2D eigenvalue weighted by atomic mass is 16.5. The number of aromatic nitrogens is 2. The van der Waals surface area contributed by atoms with Crippen molar-refractivity contribution < 1.29 is 4.74 Å². The van der Waals surface area contributed by atoms with Gasteiger partial charge in [-0.15, -0.1) is 0 Å². The molecule has 1 saturated carbocycles. The lowest BCUT2D eigenvalue weighted by Gasteiger charge is -2.18. The molecule has 2 rings (SSSR count). The van der Waals surface area contributed by atoms with E-state index in [2.05, 4.69) is 36.2 Å². The second-order valence-corrected chi connectivity index (χ2v) is 5.84. The molecule has 5 heteroatoms. The average molecular weight is 264 g/mol. The third-order valence-corrected chi connectivity index (χ3v) is 3.31. The minimum absolute atomic E-state index is 0.145. The molecule has 0 amide bonds. The highest BCUT2D eigenvalue weighted by Gasteiger charge is 2.28. The zero-order chi connectivity index (χ0) is 14.0. The Morgan fingerprint density at radius 1 is 1.32 bits per heavy atom. The van der Waals surface area contributed by atoms with E-state index in [1.807, 2.05) is 6.92 Å². The summed E-state index contributed by atoms with van der Waals surface area (Å²) in [7, 11) is 0. The van der Waals surface area contributed by atoms with E-state index >= 15 is 0 Å². The van der Waals surface area contributed by atoms with Gasteiger partial charge in [0.2, 0.25) is 5.88 Å². The van der Waals surface area contributed by atoms with Crippen LogP contribution in [0.2, 0.25) is 0 Å². The standard InChI is InChI=1S/C14H24N4O/c1-8(2)7-9(3)19-14-10(4)12(18-15)16-13(17-14)11-5-6-11/h8-9,11H,5-7,15H2,1-4H3,(H,16,17,18). The number of hydrogen-bond donors (Lipinski definition) is 2. The fourth-order valence-electron chi connectivity index (χ4n) is 2.19. The molecule has 0 saturated heterocycles. The zero-order valence-corrected chi connectivity index (χ0v) is 12.2. The van der Waals surface area contributed by atoms with Crippen molar-refractivity contribution >= 4 is 5.82 Å². The Morgan fingerprint density at radius 3 is 2.53 bits per heavy atom. The minimum Gasteiger partial charge on any atom is -0.474 e. The molecule has 1 atom stereocenters. The maximum atomic E-state index is 5.97. The first-order valence-corrected chi connectivity index (χ1v) is 7.03. The minimum atomic E-state index is 0.145. The van der Waals surface area contributed by atoms with Gasteiger partial charge in [-0.2, -0.15) is 4.98 Å². The van der Waals surface area contributed by atoms with E-state index in [0.29, 0.717) is 23.5 Å². The molecular weight excluding hydrogens is 240 g/mol. The van der Waals surface area contributed by atoms with E-state index in [4.69, 9.17) is 10.6 Å². The molecule has 3 N–H and O–H groups in total. The Morgan fingerprint density at radius 2 is 2.00 bits per heavy atom. The predicted octanol–water partition coefficient (Wildman–Crippen LogP) is 2.76. The lowest BCUT2D eigenvalue weighted by atomic mass is 10.1. The van der Waals surface area contributed by atoms with Gasteiger partial charge in [0.15, 0.2) is 0 Å². The normalized spacial score (nSPS) is 16.5. The number of hydrazine groups is 1. The van der Waals surface area contributed by atoms with E-state index in [0.717, 1.165) is 30.7 Å². The van der Waals surface area contributed by atoms with Crippen molar-refractivity contribution in [1.82, 2.24) is 9.97 Å². The Hall–Kier alpha value is -1.36. The largest absolute Gasteiger partial charge is 0.474 e. The molecule has 0 aliphatic heterocycles. The van der Waals surface area contributed by atoms with E-state index in [-0.39, 0.29) is 6.10 Å². The van der Waals surface area contributed by atoms with Crippen LogP contribution in [0.1, 0.15) is 57.3 Å². The maximum Gasteiger partial charge on any atom is 0.222 e. The third kappa shape index (κ3) is 3.56. The molecule has 106 valence electrons. The average Bonchev–Trinajstić information content (AvgIpc) is 3.14. The first kappa shape index (κ1) is 14.1. The molecule has 1 heterocycles. The fraction of sp³-hybridized carbons (Fsp3) is 0.714. The molecule has 0 spiro atoms. The van der Waals surface area contributed by atoms with Crippen molar-refractivity contribution in [3.63, 3.8) is 0 Å². The number of nitrogens with one attached hydrogen (secondary N) is 1. The van der Waals surface area contributed by atoms with Crippen LogP contribution in [-0.2, 0) is 0 Å². The van der Waals surface area contributed by atoms with Gasteiger partial charge in [-0.1, -0.05) is 13.8 Å². The summed E-state index contributed by atoms with van der Waals surface area (Å²) < 4.78 is 5.97. The molecule has 0 radical (unpaired) electrons. The fourth-order valence-corrected chi connectivity index (χ4v) is 2.19. The Labute approximate surface area is 114 Å². The van der Waals surface area contributed by atoms with E-state index < -0.39 is 0 Å². The molecule has 1 aliphatic rings. The molecular formula is C14H24N4O. The van der Waals surface area contributed by atoms with Crippen LogP contribution in [0.4, 0.5) is 5.82 Å². The van der Waals surface area contributed by atoms with Gasteiger partial charge < -0.3 is 10.2 Å². The zero-order valence-electron chi connectivity index (χ0n) is 12.2. The van der Waals surface area contributed by atoms with Crippen molar-refractivity contribution in [3.05, 3.63) is 11.4 Å². The quantitative estimate of drug-likeness (QED) is 0.610. The van der Waals surface area contributed by atoms with Crippen LogP contribution in [0.15, 0.2) is 0 Å². The van der Waals surface area contributed by atoms with Crippen LogP contribution in [0.3, 0.4) is 0 Å². The monoisotopic (exact) mass is 264 g/mol. The Balaban J connectivity index is 2.20. The van der Waals surface area contributed by atoms with Gasteiger partial charge in [-0.05, 0) is 39.0 Å². The molecule has 0 aromatic carbocycles. The summed E-state index contributed by atoms with van der Waals surface area (Å²) in [4.78, 5) is 9.02. The van der Waals surface area contributed by atoms with E-state index in [1.165, 1.54) is 0 Å². The van der Waals surface area contributed by atoms with E-state index in [9.17, 15) is 0 Å². The summed E-state index contributed by atoms with van der Waals surface area (Å²) in [6, 6.07) is 0. The second kappa shape index (κ2) is 5.74. The molecule has 1 aromatic heterocycles. The van der Waals surface area contributed by atoms with Crippen molar-refractivity contribution in [1.29, 1.82) is 0 Å². The first-order valence-electron chi connectivity index (χ1n) is 7.03. The molecule has 1 unspecified atom stereocenters. The lowest BCUT2D eigenvalue weighted by molar-refractivity contribution is 0.183. The van der Waals surface area contributed by atoms with Crippen LogP contribution in [0.25, 0.3) is 0 Å². The summed E-state index contributed by atoms with van der Waals surface area (Å²) in [5.74, 6) is 8.80. The topological polar surface area (TPSA) is 73.1 Å². The van der Waals surface area contributed by atoms with Crippen molar-refractivity contribution in [3.8, 4) is 5.88 Å². The van der Waals surface area contributed by atoms with Gasteiger partial charge in [0.05, 0.1) is 11.7 Å². The number of ether oxygens (including phenoxy) is 1. The second-order valence-electron chi connectivity index (χ2n) is 5.84. The van der Waals surface area contributed by atoms with Gasteiger partial charge in [0.1, 0.15) is 11.6 Å². The summed E-state index contributed by atoms with van der Waals surface area (Å²) in [6.07, 6.45) is 3.47. The van der Waals surface area contributed by atoms with Gasteiger partial charge >= 0.3 is 0 Å². The number of hydrogen-bond acceptors (Lipinski definition) is 5. The number of nitrogen functional groups attached to an aromatic ring is 1. The predicted molar refractivity (Wildman–Crippen MR) is 76.1 cm³/mol. The summed E-state index contributed by atoms with van der Waals surface area (Å²) in [5.41, 5.74) is 3.52. The SMILES string of the molecule is Cc1c(NN)nc(C2CC2)nc1OC(C)CC(C)C. The van der Waals surface area contributed by atoms with Gasteiger partial charge in [-0.3, -0.25) is 0 Å². The van der Waals surface area contributed by atoms with Gasteiger partial charge in [-0.25, -0.2) is 10.8 Å². The van der Waals surface area contributed by atoms with E-state index in [1.54, 1.807) is 0 Å². The van der Waals surface area contributed by atoms with Crippen LogP contribution in [0, 0.1) is 12.8 Å². The highest BCUT2D eigenvalue weighted by Crippen LogP contribution is 2.40. The number of nitrogens with zero attached hydrogens (tertiary/aromatic N) is 2. The summed E-state index contributed by atoms with van der Waals surface area (Å²) in [5, 5.41) is 0. The van der Waals surface area contributed by atoms with Crippen LogP contribution < -0.4 is 16.0 Å². The van der Waals surface area contributed by atoms with Crippen LogP contribution in [-0.4, -0.2) is 16.1 Å². The molecule has 5 nitrogen and oxygen atoms in total. The van der Waals surface area contributed by atoms with Crippen LogP contribution in [0.5, 0.6) is 5.88 Å². The molecule has 1 aliphatic carbocycles. The summed E-state index contributed by atoms with van der Waals surface area (Å²) in [6.45, 7) is 8.39. The van der Waals surface area contributed by atoms with Crippen molar-refractivity contribution in [2.45, 2.75) is 59.0 Å². The number of rotatable bonds is 6. The van der Waals surface area contributed by atoms with Crippen molar-refractivity contribution in [2.75, 3.05) is 5.43 Å². The first-order chi connectivity index (χ1) is 9.01. The van der Waals surface area contributed by atoms with Gasteiger partial charge in [0, 0.05) is 5.92 Å². The van der Waals surface area contributed by atoms with Gasteiger partial charge in [0.25, 0.3) is 0 Å². The third-order valence-electron chi connectivity index (χ3n) is 3.31. The molecule has 1 fully saturated rings. The number of nitrogens with two attached hydrogens (primary N) is 1. The highest BCUT2D eigenvalue weighted by molar-refractivity contribution is 5.48. The molecule has 19 heavy (non-hydrogen) atoms. The van der Waals surface area contributed by atoms with Crippen LogP contribution >= 0.6 is 0 Å². The Kier molecular flexibility index (Phi) is 4.24. The Bertz CT molecular complexity index is 443. The number of anilines is 1. The molecule has 0 bridgehead atoms.